The summed E-state index contributed by atoms with van der Waals surface area (Å²) in [6.45, 7) is 8.97. The van der Waals surface area contributed by atoms with Crippen molar-refractivity contribution in [1.29, 1.82) is 0 Å². The van der Waals surface area contributed by atoms with E-state index in [4.69, 9.17) is 9.47 Å². The van der Waals surface area contributed by atoms with E-state index in [0.29, 0.717) is 13.1 Å². The summed E-state index contributed by atoms with van der Waals surface area (Å²) in [6.07, 6.45) is 0.599. The number of fused-ring (bicyclic) bond motifs is 1. The molecule has 110 valence electrons. The molecule has 1 heterocycles. The second-order valence-electron chi connectivity index (χ2n) is 6.24. The Morgan fingerprint density at radius 3 is 2.55 bits per heavy atom. The Hall–Kier alpha value is -1.71. The molecule has 0 saturated heterocycles. The molecular weight excluding hydrogens is 254 g/mol. The Morgan fingerprint density at radius 2 is 1.95 bits per heavy atom. The summed E-state index contributed by atoms with van der Waals surface area (Å²) in [5.74, 6) is 0.912. The molecule has 0 bridgehead atoms. The molecule has 1 aliphatic rings. The zero-order chi connectivity index (χ0) is 14.9. The van der Waals surface area contributed by atoms with Crippen molar-refractivity contribution < 1.29 is 14.3 Å². The molecule has 0 aromatic heterocycles. The van der Waals surface area contributed by atoms with Crippen LogP contribution in [0.5, 0.6) is 5.75 Å². The van der Waals surface area contributed by atoms with Crippen LogP contribution in [0.15, 0.2) is 12.1 Å². The Bertz CT molecular complexity index is 517. The maximum atomic E-state index is 12.1. The van der Waals surface area contributed by atoms with Crippen molar-refractivity contribution >= 4 is 6.09 Å². The number of rotatable bonds is 1. The van der Waals surface area contributed by atoms with Crippen LogP contribution >= 0.6 is 0 Å². The molecule has 0 aliphatic carbocycles. The minimum Gasteiger partial charge on any atom is -0.496 e. The molecule has 20 heavy (non-hydrogen) atoms. The third-order valence-corrected chi connectivity index (χ3v) is 3.38. The standard InChI is InChI=1S/C16H23NO3/c1-11-8-13-10-17(15(18)20-16(2,3)4)7-6-12(13)9-14(11)19-5/h8-9H,6-7,10H2,1-5H3. The third-order valence-electron chi connectivity index (χ3n) is 3.38. The van der Waals surface area contributed by atoms with E-state index in [1.807, 2.05) is 27.7 Å². The number of aryl methyl sites for hydroxylation is 1. The lowest BCUT2D eigenvalue weighted by Gasteiger charge is -2.31. The van der Waals surface area contributed by atoms with Crippen molar-refractivity contribution in [2.45, 2.75) is 46.3 Å². The van der Waals surface area contributed by atoms with Crippen molar-refractivity contribution in [2.75, 3.05) is 13.7 Å². The van der Waals surface area contributed by atoms with Gasteiger partial charge in [-0.2, -0.15) is 0 Å². The number of hydrogen-bond acceptors (Lipinski definition) is 3. The molecule has 0 atom stereocenters. The second-order valence-corrected chi connectivity index (χ2v) is 6.24. The van der Waals surface area contributed by atoms with Gasteiger partial charge < -0.3 is 14.4 Å². The highest BCUT2D eigenvalue weighted by atomic mass is 16.6. The maximum Gasteiger partial charge on any atom is 0.410 e. The summed E-state index contributed by atoms with van der Waals surface area (Å²) in [5, 5.41) is 0. The van der Waals surface area contributed by atoms with Gasteiger partial charge in [0.15, 0.2) is 0 Å². The second kappa shape index (κ2) is 5.35. The van der Waals surface area contributed by atoms with E-state index in [-0.39, 0.29) is 6.09 Å². The number of benzene rings is 1. The van der Waals surface area contributed by atoms with E-state index in [0.717, 1.165) is 17.7 Å². The molecule has 1 aromatic rings. The molecular formula is C16H23NO3. The van der Waals surface area contributed by atoms with Crippen LogP contribution in [0.25, 0.3) is 0 Å². The number of nitrogens with zero attached hydrogens (tertiary/aromatic N) is 1. The van der Waals surface area contributed by atoms with Gasteiger partial charge in [-0.3, -0.25) is 0 Å². The van der Waals surface area contributed by atoms with Gasteiger partial charge in [-0.05, 0) is 56.9 Å². The van der Waals surface area contributed by atoms with Crippen LogP contribution in [0.4, 0.5) is 4.79 Å². The lowest BCUT2D eigenvalue weighted by Crippen LogP contribution is -2.39. The predicted molar refractivity (Wildman–Crippen MR) is 78.1 cm³/mol. The molecule has 0 N–H and O–H groups in total. The molecule has 0 saturated carbocycles. The number of ether oxygens (including phenoxy) is 2. The fraction of sp³-hybridized carbons (Fsp3) is 0.562. The Labute approximate surface area is 120 Å². The Kier molecular flexibility index (Phi) is 3.93. The Morgan fingerprint density at radius 1 is 1.25 bits per heavy atom. The van der Waals surface area contributed by atoms with Gasteiger partial charge in [-0.1, -0.05) is 6.07 Å². The average Bonchev–Trinajstić information content (AvgIpc) is 2.35. The molecule has 0 unspecified atom stereocenters. The highest BCUT2D eigenvalue weighted by Crippen LogP contribution is 2.28. The van der Waals surface area contributed by atoms with Gasteiger partial charge in [0, 0.05) is 13.1 Å². The van der Waals surface area contributed by atoms with E-state index >= 15 is 0 Å². The topological polar surface area (TPSA) is 38.8 Å². The lowest BCUT2D eigenvalue weighted by molar-refractivity contribution is 0.0224. The van der Waals surface area contributed by atoms with E-state index in [9.17, 15) is 4.79 Å². The number of carbonyl (C=O) groups excluding carboxylic acids is 1. The molecule has 2 rings (SSSR count). The number of amides is 1. The molecule has 1 aromatic carbocycles. The number of carbonyl (C=O) groups is 1. The molecule has 4 heteroatoms. The van der Waals surface area contributed by atoms with Crippen LogP contribution in [0, 0.1) is 6.92 Å². The predicted octanol–water partition coefficient (Wildman–Crippen LogP) is 3.30. The molecule has 0 radical (unpaired) electrons. The SMILES string of the molecule is COc1cc2c(cc1C)CN(C(=O)OC(C)(C)C)CC2. The molecule has 1 aliphatic heterocycles. The normalized spacial score (nSPS) is 14.8. The smallest absolute Gasteiger partial charge is 0.410 e. The van der Waals surface area contributed by atoms with Crippen LogP contribution < -0.4 is 4.74 Å². The fourth-order valence-electron chi connectivity index (χ4n) is 2.41. The van der Waals surface area contributed by atoms with E-state index < -0.39 is 5.60 Å². The molecule has 0 spiro atoms. The monoisotopic (exact) mass is 277 g/mol. The van der Waals surface area contributed by atoms with Gasteiger partial charge >= 0.3 is 6.09 Å². The number of methoxy groups -OCH3 is 1. The van der Waals surface area contributed by atoms with Gasteiger partial charge in [0.2, 0.25) is 0 Å². The van der Waals surface area contributed by atoms with Crippen LogP contribution in [0.2, 0.25) is 0 Å². The first-order valence-corrected chi connectivity index (χ1v) is 6.94. The summed E-state index contributed by atoms with van der Waals surface area (Å²) in [6, 6.07) is 4.18. The molecule has 1 amide bonds. The van der Waals surface area contributed by atoms with Gasteiger partial charge in [0.25, 0.3) is 0 Å². The Balaban J connectivity index is 2.15. The highest BCUT2D eigenvalue weighted by molar-refractivity contribution is 5.68. The first-order chi connectivity index (χ1) is 9.30. The minimum atomic E-state index is -0.451. The highest BCUT2D eigenvalue weighted by Gasteiger charge is 2.26. The number of hydrogen-bond donors (Lipinski definition) is 0. The minimum absolute atomic E-state index is 0.239. The van der Waals surface area contributed by atoms with Gasteiger partial charge in [0.1, 0.15) is 11.4 Å². The van der Waals surface area contributed by atoms with Crippen LogP contribution in [-0.4, -0.2) is 30.2 Å². The first kappa shape index (κ1) is 14.7. The van der Waals surface area contributed by atoms with E-state index in [1.165, 1.54) is 11.1 Å². The van der Waals surface area contributed by atoms with Crippen molar-refractivity contribution in [3.05, 3.63) is 28.8 Å². The van der Waals surface area contributed by atoms with Crippen molar-refractivity contribution in [3.63, 3.8) is 0 Å². The lowest BCUT2D eigenvalue weighted by atomic mass is 9.97. The average molecular weight is 277 g/mol. The van der Waals surface area contributed by atoms with Crippen molar-refractivity contribution in [1.82, 2.24) is 4.90 Å². The van der Waals surface area contributed by atoms with Crippen LogP contribution in [0.3, 0.4) is 0 Å². The summed E-state index contributed by atoms with van der Waals surface area (Å²) in [7, 11) is 1.69. The van der Waals surface area contributed by atoms with Gasteiger partial charge in [-0.25, -0.2) is 4.79 Å². The quantitative estimate of drug-likeness (QED) is 0.790. The summed E-state index contributed by atoms with van der Waals surface area (Å²) < 4.78 is 10.8. The zero-order valence-electron chi connectivity index (χ0n) is 12.9. The third kappa shape index (κ3) is 3.24. The summed E-state index contributed by atoms with van der Waals surface area (Å²) in [4.78, 5) is 13.9. The van der Waals surface area contributed by atoms with Gasteiger partial charge in [0.05, 0.1) is 7.11 Å². The largest absolute Gasteiger partial charge is 0.496 e. The summed E-state index contributed by atoms with van der Waals surface area (Å²) in [5.41, 5.74) is 3.08. The van der Waals surface area contributed by atoms with Crippen LogP contribution in [-0.2, 0) is 17.7 Å². The zero-order valence-corrected chi connectivity index (χ0v) is 12.9. The van der Waals surface area contributed by atoms with E-state index in [1.54, 1.807) is 12.0 Å². The van der Waals surface area contributed by atoms with E-state index in [2.05, 4.69) is 12.1 Å². The first-order valence-electron chi connectivity index (χ1n) is 6.94. The molecule has 0 fully saturated rings. The summed E-state index contributed by atoms with van der Waals surface area (Å²) >= 11 is 0. The van der Waals surface area contributed by atoms with Crippen LogP contribution in [0.1, 0.15) is 37.5 Å². The maximum absolute atomic E-state index is 12.1. The molecule has 4 nitrogen and oxygen atoms in total. The van der Waals surface area contributed by atoms with Gasteiger partial charge in [-0.15, -0.1) is 0 Å². The van der Waals surface area contributed by atoms with Crippen molar-refractivity contribution in [3.8, 4) is 5.75 Å². The van der Waals surface area contributed by atoms with Crippen molar-refractivity contribution in [2.24, 2.45) is 0 Å². The fourth-order valence-corrected chi connectivity index (χ4v) is 2.41.